The van der Waals surface area contributed by atoms with E-state index in [1.807, 2.05) is 0 Å². The Hall–Kier alpha value is -1.53. The lowest BCUT2D eigenvalue weighted by Crippen LogP contribution is -1.97. The van der Waals surface area contributed by atoms with Crippen LogP contribution < -0.4 is 0 Å². The molecular formula is C9H8O5S. The topological polar surface area (TPSA) is 87.7 Å². The minimum absolute atomic E-state index is 0.223. The number of furan rings is 1. The second-order valence-corrected chi connectivity index (χ2v) is 4.59. The Morgan fingerprint density at radius 3 is 2.60 bits per heavy atom. The van der Waals surface area contributed by atoms with Gasteiger partial charge in [0, 0.05) is 10.9 Å². The Morgan fingerprint density at radius 1 is 1.33 bits per heavy atom. The Bertz CT molecular complexity index is 623. The number of benzene rings is 1. The monoisotopic (exact) mass is 228 g/mol. The second-order valence-electron chi connectivity index (χ2n) is 3.17. The minimum Gasteiger partial charge on any atom is -0.480 e. The lowest BCUT2D eigenvalue weighted by atomic mass is 10.2. The molecule has 0 aliphatic heterocycles. The first-order valence-corrected chi connectivity index (χ1v) is 5.53. The van der Waals surface area contributed by atoms with Crippen molar-refractivity contribution in [3.8, 4) is 5.95 Å². The van der Waals surface area contributed by atoms with E-state index in [0.717, 1.165) is 0 Å². The average molecular weight is 228 g/mol. The van der Waals surface area contributed by atoms with Gasteiger partial charge in [-0.1, -0.05) is 0 Å². The molecule has 0 amide bonds. The maximum Gasteiger partial charge on any atom is 0.294 e. The van der Waals surface area contributed by atoms with Gasteiger partial charge in [0.1, 0.15) is 5.58 Å². The fourth-order valence-electron chi connectivity index (χ4n) is 1.35. The molecule has 2 N–H and O–H groups in total. The van der Waals surface area contributed by atoms with Crippen molar-refractivity contribution in [2.24, 2.45) is 0 Å². The van der Waals surface area contributed by atoms with Crippen molar-refractivity contribution in [1.29, 1.82) is 0 Å². The van der Waals surface area contributed by atoms with Gasteiger partial charge in [0.2, 0.25) is 0 Å². The summed E-state index contributed by atoms with van der Waals surface area (Å²) >= 11 is 0. The number of fused-ring (bicyclic) bond motifs is 1. The number of hydrogen-bond donors (Lipinski definition) is 2. The average Bonchev–Trinajstić information content (AvgIpc) is 2.41. The summed E-state index contributed by atoms with van der Waals surface area (Å²) in [6.45, 7) is 1.59. The molecule has 2 rings (SSSR count). The molecule has 2 aromatic rings. The van der Waals surface area contributed by atoms with Gasteiger partial charge in [0.25, 0.3) is 16.1 Å². The Balaban J connectivity index is 2.81. The summed E-state index contributed by atoms with van der Waals surface area (Å²) in [5.41, 5.74) is 0.813. The van der Waals surface area contributed by atoms with Gasteiger partial charge in [-0.25, -0.2) is 0 Å². The first kappa shape index (κ1) is 10.0. The summed E-state index contributed by atoms with van der Waals surface area (Å²) in [6, 6.07) is 3.84. The molecule has 1 aromatic carbocycles. The maximum atomic E-state index is 10.9. The summed E-state index contributed by atoms with van der Waals surface area (Å²) in [5, 5.41) is 9.72. The van der Waals surface area contributed by atoms with E-state index < -0.39 is 10.1 Å². The van der Waals surface area contributed by atoms with Gasteiger partial charge in [-0.3, -0.25) is 4.55 Å². The molecule has 0 unspecified atom stereocenters. The van der Waals surface area contributed by atoms with Gasteiger partial charge in [-0.15, -0.1) is 0 Å². The molecule has 80 valence electrons. The summed E-state index contributed by atoms with van der Waals surface area (Å²) in [5.74, 6) is -0.252. The van der Waals surface area contributed by atoms with Gasteiger partial charge in [-0.2, -0.15) is 8.42 Å². The zero-order chi connectivity index (χ0) is 11.2. The summed E-state index contributed by atoms with van der Waals surface area (Å²) in [7, 11) is -4.23. The fraction of sp³-hybridized carbons (Fsp3) is 0.111. The predicted molar refractivity (Wildman–Crippen MR) is 52.4 cm³/mol. The molecule has 0 spiro atoms. The Morgan fingerprint density at radius 2 is 2.00 bits per heavy atom. The number of aromatic hydroxyl groups is 1. The molecule has 5 nitrogen and oxygen atoms in total. The molecule has 0 saturated heterocycles. The van der Waals surface area contributed by atoms with Gasteiger partial charge >= 0.3 is 0 Å². The third-order valence-electron chi connectivity index (χ3n) is 2.18. The first-order chi connectivity index (χ1) is 6.89. The van der Waals surface area contributed by atoms with Gasteiger partial charge in [0.15, 0.2) is 0 Å². The van der Waals surface area contributed by atoms with Crippen LogP contribution in [0.4, 0.5) is 0 Å². The van der Waals surface area contributed by atoms with Crippen LogP contribution in [-0.4, -0.2) is 18.1 Å². The molecule has 0 saturated carbocycles. The van der Waals surface area contributed by atoms with Crippen molar-refractivity contribution in [2.45, 2.75) is 11.8 Å². The predicted octanol–water partition coefficient (Wildman–Crippen LogP) is 1.69. The van der Waals surface area contributed by atoms with E-state index in [2.05, 4.69) is 0 Å². The molecule has 1 heterocycles. The van der Waals surface area contributed by atoms with Gasteiger partial charge < -0.3 is 9.52 Å². The molecule has 0 aliphatic carbocycles. The van der Waals surface area contributed by atoms with Crippen LogP contribution in [0.15, 0.2) is 27.5 Å². The molecule has 0 radical (unpaired) electrons. The van der Waals surface area contributed by atoms with E-state index in [1.54, 1.807) is 6.92 Å². The number of hydrogen-bond acceptors (Lipinski definition) is 4. The van der Waals surface area contributed by atoms with Crippen LogP contribution in [0, 0.1) is 6.92 Å². The van der Waals surface area contributed by atoms with E-state index >= 15 is 0 Å². The fourth-order valence-corrected chi connectivity index (χ4v) is 1.85. The normalized spacial score (nSPS) is 12.1. The first-order valence-electron chi connectivity index (χ1n) is 4.09. The van der Waals surface area contributed by atoms with Crippen molar-refractivity contribution < 1.29 is 22.5 Å². The largest absolute Gasteiger partial charge is 0.480 e. The standard InChI is InChI=1S/C9H8O5S/c1-5-7-4-6(15(11,12)13)2-3-8(7)14-9(5)10/h2-4,10H,1H3,(H,11,12,13). The van der Waals surface area contributed by atoms with Crippen LogP contribution >= 0.6 is 0 Å². The van der Waals surface area contributed by atoms with Crippen molar-refractivity contribution in [1.82, 2.24) is 0 Å². The number of rotatable bonds is 1. The molecule has 0 aliphatic rings. The minimum atomic E-state index is -4.23. The maximum absolute atomic E-state index is 10.9. The van der Waals surface area contributed by atoms with E-state index in [0.29, 0.717) is 16.5 Å². The third-order valence-corrected chi connectivity index (χ3v) is 3.03. The van der Waals surface area contributed by atoms with Crippen molar-refractivity contribution in [3.05, 3.63) is 23.8 Å². The van der Waals surface area contributed by atoms with Crippen LogP contribution in [0.1, 0.15) is 5.56 Å². The van der Waals surface area contributed by atoms with Crippen LogP contribution in [0.25, 0.3) is 11.0 Å². The smallest absolute Gasteiger partial charge is 0.294 e. The van der Waals surface area contributed by atoms with Crippen molar-refractivity contribution in [2.75, 3.05) is 0 Å². The molecule has 0 bridgehead atoms. The molecular weight excluding hydrogens is 220 g/mol. The van der Waals surface area contributed by atoms with E-state index in [-0.39, 0.29) is 10.8 Å². The van der Waals surface area contributed by atoms with Crippen LogP contribution in [0.5, 0.6) is 5.95 Å². The lowest BCUT2D eigenvalue weighted by Gasteiger charge is -1.96. The molecule has 0 fully saturated rings. The molecule has 15 heavy (non-hydrogen) atoms. The van der Waals surface area contributed by atoms with Crippen molar-refractivity contribution >= 4 is 21.1 Å². The Kier molecular flexibility index (Phi) is 1.99. The highest BCUT2D eigenvalue weighted by Gasteiger charge is 2.14. The Labute approximate surface area is 85.7 Å². The quantitative estimate of drug-likeness (QED) is 0.725. The lowest BCUT2D eigenvalue weighted by molar-refractivity contribution is 0.343. The summed E-state index contributed by atoms with van der Waals surface area (Å²) in [4.78, 5) is -0.223. The summed E-state index contributed by atoms with van der Waals surface area (Å²) in [6.07, 6.45) is 0. The highest BCUT2D eigenvalue weighted by molar-refractivity contribution is 7.85. The van der Waals surface area contributed by atoms with E-state index in [1.165, 1.54) is 18.2 Å². The summed E-state index contributed by atoms with van der Waals surface area (Å²) < 4.78 is 35.5. The molecule has 1 aromatic heterocycles. The van der Waals surface area contributed by atoms with Crippen LogP contribution in [0.3, 0.4) is 0 Å². The second kappa shape index (κ2) is 2.98. The highest BCUT2D eigenvalue weighted by Crippen LogP contribution is 2.31. The SMILES string of the molecule is Cc1c(O)oc2ccc(S(=O)(=O)O)cc12. The zero-order valence-corrected chi connectivity index (χ0v) is 8.58. The van der Waals surface area contributed by atoms with E-state index in [9.17, 15) is 13.5 Å². The van der Waals surface area contributed by atoms with Crippen LogP contribution in [0.2, 0.25) is 0 Å². The zero-order valence-electron chi connectivity index (χ0n) is 7.76. The van der Waals surface area contributed by atoms with E-state index in [4.69, 9.17) is 8.97 Å². The molecule has 6 heteroatoms. The van der Waals surface area contributed by atoms with Crippen LogP contribution in [-0.2, 0) is 10.1 Å². The number of aryl methyl sites for hydroxylation is 1. The van der Waals surface area contributed by atoms with Gasteiger partial charge in [-0.05, 0) is 25.1 Å². The van der Waals surface area contributed by atoms with Gasteiger partial charge in [0.05, 0.1) is 4.90 Å². The highest BCUT2D eigenvalue weighted by atomic mass is 32.2. The third kappa shape index (κ3) is 1.57. The molecule has 0 atom stereocenters. The van der Waals surface area contributed by atoms with Crippen molar-refractivity contribution in [3.63, 3.8) is 0 Å².